The average molecular weight is 231 g/mol. The molecule has 0 aliphatic carbocycles. The second-order valence-electron chi connectivity index (χ2n) is 4.35. The standard InChI is InChI=1S/C13H17N3O/c1-4-16(9(3)14)11-5-8(2)13-10(6-11)7-12(17)15-13/h5-6,14H,4,7H2,1-3H3,(H,15,17). The zero-order valence-corrected chi connectivity index (χ0v) is 10.4. The van der Waals surface area contributed by atoms with Crippen molar-refractivity contribution in [3.05, 3.63) is 23.3 Å². The van der Waals surface area contributed by atoms with E-state index in [1.54, 1.807) is 6.92 Å². The van der Waals surface area contributed by atoms with Gasteiger partial charge in [0, 0.05) is 17.9 Å². The van der Waals surface area contributed by atoms with Gasteiger partial charge in [-0.25, -0.2) is 0 Å². The van der Waals surface area contributed by atoms with E-state index in [4.69, 9.17) is 5.41 Å². The van der Waals surface area contributed by atoms with Crippen LogP contribution in [0.15, 0.2) is 12.1 Å². The Morgan fingerprint density at radius 3 is 2.82 bits per heavy atom. The molecule has 2 N–H and O–H groups in total. The minimum atomic E-state index is 0.0508. The molecule has 2 rings (SSSR count). The predicted octanol–water partition coefficient (Wildman–Crippen LogP) is 2.31. The van der Waals surface area contributed by atoms with Crippen LogP contribution in [0.5, 0.6) is 0 Å². The van der Waals surface area contributed by atoms with Crippen LogP contribution in [-0.2, 0) is 11.2 Å². The second-order valence-corrected chi connectivity index (χ2v) is 4.35. The summed E-state index contributed by atoms with van der Waals surface area (Å²) in [5, 5.41) is 10.6. The Morgan fingerprint density at radius 2 is 2.24 bits per heavy atom. The number of aryl methyl sites for hydroxylation is 1. The van der Waals surface area contributed by atoms with Crippen LogP contribution in [-0.4, -0.2) is 18.3 Å². The first kappa shape index (κ1) is 11.6. The van der Waals surface area contributed by atoms with E-state index >= 15 is 0 Å². The van der Waals surface area contributed by atoms with Crippen LogP contribution in [0.1, 0.15) is 25.0 Å². The highest BCUT2D eigenvalue weighted by Gasteiger charge is 2.21. The van der Waals surface area contributed by atoms with Gasteiger partial charge in [0.25, 0.3) is 0 Å². The van der Waals surface area contributed by atoms with Gasteiger partial charge in [0.2, 0.25) is 5.91 Å². The maximum absolute atomic E-state index is 11.4. The molecular weight excluding hydrogens is 214 g/mol. The van der Waals surface area contributed by atoms with Gasteiger partial charge in [0.1, 0.15) is 0 Å². The highest BCUT2D eigenvalue weighted by atomic mass is 16.1. The number of nitrogens with one attached hydrogen (secondary N) is 2. The SMILES string of the molecule is CCN(C(C)=N)c1cc(C)c2c(c1)CC(=O)N2. The summed E-state index contributed by atoms with van der Waals surface area (Å²) in [4.78, 5) is 13.3. The van der Waals surface area contributed by atoms with Gasteiger partial charge in [-0.15, -0.1) is 0 Å². The van der Waals surface area contributed by atoms with Crippen molar-refractivity contribution in [3.8, 4) is 0 Å². The largest absolute Gasteiger partial charge is 0.331 e. The molecule has 0 spiro atoms. The molecule has 1 aromatic carbocycles. The van der Waals surface area contributed by atoms with Crippen molar-refractivity contribution >= 4 is 23.1 Å². The summed E-state index contributed by atoms with van der Waals surface area (Å²) in [6.45, 7) is 6.54. The van der Waals surface area contributed by atoms with Crippen molar-refractivity contribution in [3.63, 3.8) is 0 Å². The first-order valence-corrected chi connectivity index (χ1v) is 5.79. The normalized spacial score (nSPS) is 13.2. The van der Waals surface area contributed by atoms with E-state index in [0.717, 1.165) is 29.0 Å². The van der Waals surface area contributed by atoms with Crippen LogP contribution in [0.3, 0.4) is 0 Å². The molecule has 1 amide bonds. The number of amides is 1. The number of nitrogens with zero attached hydrogens (tertiary/aromatic N) is 1. The summed E-state index contributed by atoms with van der Waals surface area (Å²) in [7, 11) is 0. The summed E-state index contributed by atoms with van der Waals surface area (Å²) >= 11 is 0. The number of rotatable bonds is 2. The number of benzene rings is 1. The first-order valence-electron chi connectivity index (χ1n) is 5.79. The maximum atomic E-state index is 11.4. The molecule has 1 aliphatic heterocycles. The summed E-state index contributed by atoms with van der Waals surface area (Å²) in [6.07, 6.45) is 0.443. The molecular formula is C13H17N3O. The molecule has 0 radical (unpaired) electrons. The fraction of sp³-hybridized carbons (Fsp3) is 0.385. The summed E-state index contributed by atoms with van der Waals surface area (Å²) in [5.74, 6) is 0.569. The third-order valence-electron chi connectivity index (χ3n) is 3.05. The van der Waals surface area contributed by atoms with E-state index in [1.165, 1.54) is 0 Å². The number of hydrogen-bond donors (Lipinski definition) is 2. The molecule has 0 atom stereocenters. The van der Waals surface area contributed by atoms with Crippen LogP contribution in [0, 0.1) is 12.3 Å². The molecule has 0 aromatic heterocycles. The van der Waals surface area contributed by atoms with Gasteiger partial charge in [0.05, 0.1) is 12.3 Å². The summed E-state index contributed by atoms with van der Waals surface area (Å²) in [5.41, 5.74) is 4.03. The Hall–Kier alpha value is -1.84. The van der Waals surface area contributed by atoms with Crippen LogP contribution >= 0.6 is 0 Å². The molecule has 1 aromatic rings. The number of fused-ring (bicyclic) bond motifs is 1. The van der Waals surface area contributed by atoms with Crippen LogP contribution in [0.4, 0.5) is 11.4 Å². The van der Waals surface area contributed by atoms with Gasteiger partial charge < -0.3 is 10.2 Å². The van der Waals surface area contributed by atoms with Crippen LogP contribution in [0.25, 0.3) is 0 Å². The predicted molar refractivity (Wildman–Crippen MR) is 69.9 cm³/mol. The Kier molecular flexibility index (Phi) is 2.88. The molecule has 4 heteroatoms. The van der Waals surface area contributed by atoms with Gasteiger partial charge >= 0.3 is 0 Å². The molecule has 90 valence electrons. The maximum Gasteiger partial charge on any atom is 0.228 e. The number of hydrogen-bond acceptors (Lipinski definition) is 2. The highest BCUT2D eigenvalue weighted by Crippen LogP contribution is 2.31. The highest BCUT2D eigenvalue weighted by molar-refractivity contribution is 6.01. The lowest BCUT2D eigenvalue weighted by Gasteiger charge is -2.23. The van der Waals surface area contributed by atoms with E-state index in [9.17, 15) is 4.79 Å². The van der Waals surface area contributed by atoms with E-state index in [2.05, 4.69) is 5.32 Å². The number of amidine groups is 1. The lowest BCUT2D eigenvalue weighted by Crippen LogP contribution is -2.27. The average Bonchev–Trinajstić information content (AvgIpc) is 2.59. The van der Waals surface area contributed by atoms with E-state index < -0.39 is 0 Å². The molecule has 1 heterocycles. The van der Waals surface area contributed by atoms with Crippen molar-refractivity contribution < 1.29 is 4.79 Å². The van der Waals surface area contributed by atoms with Crippen molar-refractivity contribution in [2.75, 3.05) is 16.8 Å². The first-order chi connectivity index (χ1) is 8.02. The molecule has 1 aliphatic rings. The number of anilines is 2. The van der Waals surface area contributed by atoms with Crippen LogP contribution < -0.4 is 10.2 Å². The molecule has 0 bridgehead atoms. The third kappa shape index (κ3) is 2.02. The number of carbonyl (C=O) groups excluding carboxylic acids is 1. The molecule has 4 nitrogen and oxygen atoms in total. The summed E-state index contributed by atoms with van der Waals surface area (Å²) in [6, 6.07) is 4.02. The van der Waals surface area contributed by atoms with Crippen molar-refractivity contribution in [2.24, 2.45) is 0 Å². The second kappa shape index (κ2) is 4.20. The molecule has 17 heavy (non-hydrogen) atoms. The van der Waals surface area contributed by atoms with Crippen molar-refractivity contribution in [1.82, 2.24) is 0 Å². The zero-order chi connectivity index (χ0) is 12.6. The third-order valence-corrected chi connectivity index (χ3v) is 3.05. The monoisotopic (exact) mass is 231 g/mol. The Morgan fingerprint density at radius 1 is 1.53 bits per heavy atom. The quantitative estimate of drug-likeness (QED) is 0.606. The molecule has 0 fully saturated rings. The van der Waals surface area contributed by atoms with Gasteiger partial charge in [-0.05, 0) is 44.0 Å². The molecule has 0 saturated carbocycles. The van der Waals surface area contributed by atoms with E-state index in [-0.39, 0.29) is 5.91 Å². The van der Waals surface area contributed by atoms with Gasteiger partial charge in [-0.2, -0.15) is 0 Å². The van der Waals surface area contributed by atoms with Crippen LogP contribution in [0.2, 0.25) is 0 Å². The molecule has 0 saturated heterocycles. The van der Waals surface area contributed by atoms with Crippen molar-refractivity contribution in [1.29, 1.82) is 5.41 Å². The van der Waals surface area contributed by atoms with E-state index in [1.807, 2.05) is 30.9 Å². The fourth-order valence-electron chi connectivity index (χ4n) is 2.28. The van der Waals surface area contributed by atoms with Gasteiger partial charge in [-0.1, -0.05) is 0 Å². The minimum Gasteiger partial charge on any atom is -0.331 e. The fourth-order valence-corrected chi connectivity index (χ4v) is 2.28. The lowest BCUT2D eigenvalue weighted by molar-refractivity contribution is -0.115. The Balaban J connectivity index is 2.45. The topological polar surface area (TPSA) is 56.2 Å². The lowest BCUT2D eigenvalue weighted by atomic mass is 10.1. The zero-order valence-electron chi connectivity index (χ0n) is 10.4. The number of carbonyl (C=O) groups is 1. The Bertz CT molecular complexity index is 494. The smallest absolute Gasteiger partial charge is 0.228 e. The molecule has 0 unspecified atom stereocenters. The van der Waals surface area contributed by atoms with Gasteiger partial charge in [-0.3, -0.25) is 10.2 Å². The van der Waals surface area contributed by atoms with Gasteiger partial charge in [0.15, 0.2) is 0 Å². The minimum absolute atomic E-state index is 0.0508. The Labute approximate surface area is 101 Å². The van der Waals surface area contributed by atoms with E-state index in [0.29, 0.717) is 12.3 Å². The van der Waals surface area contributed by atoms with Crippen molar-refractivity contribution in [2.45, 2.75) is 27.2 Å². The summed E-state index contributed by atoms with van der Waals surface area (Å²) < 4.78 is 0.